The summed E-state index contributed by atoms with van der Waals surface area (Å²) in [5.41, 5.74) is 0.954. The molecule has 0 amide bonds. The molecule has 1 heterocycles. The second kappa shape index (κ2) is 8.19. The van der Waals surface area contributed by atoms with Crippen LogP contribution in [0.1, 0.15) is 43.2 Å². The van der Waals surface area contributed by atoms with E-state index in [2.05, 4.69) is 17.0 Å². The van der Waals surface area contributed by atoms with Crippen molar-refractivity contribution in [1.82, 2.24) is 4.90 Å². The van der Waals surface area contributed by atoms with Crippen molar-refractivity contribution in [1.29, 1.82) is 0 Å². The van der Waals surface area contributed by atoms with Crippen molar-refractivity contribution in [3.63, 3.8) is 0 Å². The predicted molar refractivity (Wildman–Crippen MR) is 109 cm³/mol. The lowest BCUT2D eigenvalue weighted by Crippen LogP contribution is -2.49. The van der Waals surface area contributed by atoms with E-state index in [1.54, 1.807) is 0 Å². The van der Waals surface area contributed by atoms with Gasteiger partial charge in [-0.15, -0.1) is 0 Å². The van der Waals surface area contributed by atoms with Crippen molar-refractivity contribution in [2.75, 3.05) is 19.6 Å². The highest BCUT2D eigenvalue weighted by Crippen LogP contribution is 2.45. The van der Waals surface area contributed by atoms with Gasteiger partial charge in [-0.2, -0.15) is 13.2 Å². The molecule has 0 spiro atoms. The first-order valence-electron chi connectivity index (χ1n) is 10.2. The monoisotopic (exact) mass is 423 g/mol. The summed E-state index contributed by atoms with van der Waals surface area (Å²) in [6.45, 7) is 2.93. The van der Waals surface area contributed by atoms with Crippen molar-refractivity contribution in [2.45, 2.75) is 49.8 Å². The Bertz CT molecular complexity index is 808. The second-order valence-electron chi connectivity index (χ2n) is 8.26. The van der Waals surface area contributed by atoms with E-state index in [0.29, 0.717) is 5.75 Å². The van der Waals surface area contributed by atoms with Crippen molar-refractivity contribution < 1.29 is 17.9 Å². The van der Waals surface area contributed by atoms with Gasteiger partial charge in [0.05, 0.1) is 5.56 Å². The van der Waals surface area contributed by atoms with E-state index in [-0.39, 0.29) is 11.5 Å². The van der Waals surface area contributed by atoms with Gasteiger partial charge in [0, 0.05) is 30.1 Å². The molecule has 156 valence electrons. The maximum Gasteiger partial charge on any atom is 0.416 e. The largest absolute Gasteiger partial charge is 0.490 e. The zero-order valence-electron chi connectivity index (χ0n) is 16.2. The minimum Gasteiger partial charge on any atom is -0.490 e. The van der Waals surface area contributed by atoms with Gasteiger partial charge < -0.3 is 9.64 Å². The smallest absolute Gasteiger partial charge is 0.416 e. The van der Waals surface area contributed by atoms with Crippen molar-refractivity contribution in [3.8, 4) is 5.75 Å². The molecule has 2 fully saturated rings. The quantitative estimate of drug-likeness (QED) is 0.557. The van der Waals surface area contributed by atoms with E-state index in [9.17, 15) is 13.2 Å². The molecule has 0 atom stereocenters. The summed E-state index contributed by atoms with van der Waals surface area (Å²) >= 11 is 6.05. The molecule has 1 aliphatic heterocycles. The molecule has 1 saturated heterocycles. The third-order valence-corrected chi connectivity index (χ3v) is 6.56. The molecule has 2 aromatic rings. The summed E-state index contributed by atoms with van der Waals surface area (Å²) in [6.07, 6.45) is 1.18. The molecule has 6 heteroatoms. The van der Waals surface area contributed by atoms with Gasteiger partial charge in [0.1, 0.15) is 11.9 Å². The lowest BCUT2D eigenvalue weighted by atomic mass is 9.64. The fourth-order valence-electron chi connectivity index (χ4n) is 4.47. The highest BCUT2D eigenvalue weighted by atomic mass is 35.5. The van der Waals surface area contributed by atoms with E-state index in [1.807, 2.05) is 12.1 Å². The zero-order valence-corrected chi connectivity index (χ0v) is 17.0. The lowest BCUT2D eigenvalue weighted by molar-refractivity contribution is -0.137. The maximum atomic E-state index is 12.7. The SMILES string of the molecule is FC(F)(F)c1ccc(OC2CCN(CC3(c4ccc(Cl)cc4)CCC3)CC2)cc1. The van der Waals surface area contributed by atoms with Gasteiger partial charge in [0.25, 0.3) is 0 Å². The first kappa shape index (κ1) is 20.5. The molecule has 1 aliphatic carbocycles. The van der Waals surface area contributed by atoms with Crippen molar-refractivity contribution in [2.24, 2.45) is 0 Å². The topological polar surface area (TPSA) is 12.5 Å². The molecule has 0 N–H and O–H groups in total. The Morgan fingerprint density at radius 1 is 0.966 bits per heavy atom. The van der Waals surface area contributed by atoms with E-state index in [1.165, 1.54) is 37.0 Å². The minimum atomic E-state index is -4.31. The number of ether oxygens (including phenoxy) is 1. The normalized spacial score (nSPS) is 20.3. The van der Waals surface area contributed by atoms with Crippen LogP contribution in [0.25, 0.3) is 0 Å². The van der Waals surface area contributed by atoms with Crippen molar-refractivity contribution >= 4 is 11.6 Å². The standard InChI is InChI=1S/C23H25ClF3NO/c24-19-6-2-17(3-7-19)22(12-1-13-22)16-28-14-10-21(11-15-28)29-20-8-4-18(5-9-20)23(25,26)27/h2-9,21H,1,10-16H2. The van der Waals surface area contributed by atoms with Gasteiger partial charge in [-0.3, -0.25) is 0 Å². The minimum absolute atomic E-state index is 0.0517. The Morgan fingerprint density at radius 3 is 2.10 bits per heavy atom. The average molecular weight is 424 g/mol. The number of hydrogen-bond acceptors (Lipinski definition) is 2. The summed E-state index contributed by atoms with van der Waals surface area (Å²) in [7, 11) is 0. The number of rotatable bonds is 5. The molecule has 0 radical (unpaired) electrons. The third kappa shape index (κ3) is 4.72. The van der Waals surface area contributed by atoms with Gasteiger partial charge in [-0.1, -0.05) is 30.2 Å². The van der Waals surface area contributed by atoms with Crippen LogP contribution in [0.2, 0.25) is 5.02 Å². The number of halogens is 4. The van der Waals surface area contributed by atoms with Crippen LogP contribution in [0.15, 0.2) is 48.5 Å². The highest BCUT2D eigenvalue weighted by molar-refractivity contribution is 6.30. The summed E-state index contributed by atoms with van der Waals surface area (Å²) in [4.78, 5) is 2.50. The van der Waals surface area contributed by atoms with Crippen LogP contribution in [0.3, 0.4) is 0 Å². The van der Waals surface area contributed by atoms with Crippen LogP contribution >= 0.6 is 11.6 Å². The van der Waals surface area contributed by atoms with Crippen LogP contribution in [0.5, 0.6) is 5.75 Å². The predicted octanol–water partition coefficient (Wildman–Crippen LogP) is 6.32. The third-order valence-electron chi connectivity index (χ3n) is 6.31. The zero-order chi connectivity index (χ0) is 20.5. The molecule has 2 aliphatic rings. The van der Waals surface area contributed by atoms with Gasteiger partial charge in [-0.05, 0) is 67.6 Å². The molecule has 0 unspecified atom stereocenters. The first-order valence-corrected chi connectivity index (χ1v) is 10.5. The lowest BCUT2D eigenvalue weighted by Gasteiger charge is -2.47. The van der Waals surface area contributed by atoms with E-state index >= 15 is 0 Å². The Labute approximate surface area is 174 Å². The van der Waals surface area contributed by atoms with E-state index in [0.717, 1.165) is 49.6 Å². The number of benzene rings is 2. The molecule has 29 heavy (non-hydrogen) atoms. The number of alkyl halides is 3. The molecular formula is C23H25ClF3NO. The van der Waals surface area contributed by atoms with Gasteiger partial charge in [-0.25, -0.2) is 0 Å². The Kier molecular flexibility index (Phi) is 5.80. The van der Waals surface area contributed by atoms with Gasteiger partial charge >= 0.3 is 6.18 Å². The molecule has 0 bridgehead atoms. The van der Waals surface area contributed by atoms with Crippen molar-refractivity contribution in [3.05, 3.63) is 64.7 Å². The molecule has 2 aromatic carbocycles. The van der Waals surface area contributed by atoms with E-state index in [4.69, 9.17) is 16.3 Å². The summed E-state index contributed by atoms with van der Waals surface area (Å²) in [5.74, 6) is 0.507. The number of nitrogens with zero attached hydrogens (tertiary/aromatic N) is 1. The fraction of sp³-hybridized carbons (Fsp3) is 0.478. The Hall–Kier alpha value is -1.72. The Morgan fingerprint density at radius 2 is 1.59 bits per heavy atom. The summed E-state index contributed by atoms with van der Waals surface area (Å²) in [6, 6.07) is 13.2. The van der Waals surface area contributed by atoms with Crippen LogP contribution < -0.4 is 4.74 Å². The molecule has 4 rings (SSSR count). The molecule has 2 nitrogen and oxygen atoms in total. The molecular weight excluding hydrogens is 399 g/mol. The number of piperidine rings is 1. The average Bonchev–Trinajstić information content (AvgIpc) is 2.67. The first-order chi connectivity index (χ1) is 13.8. The second-order valence-corrected chi connectivity index (χ2v) is 8.69. The van der Waals surface area contributed by atoms with Crippen LogP contribution in [-0.4, -0.2) is 30.6 Å². The Balaban J connectivity index is 1.31. The van der Waals surface area contributed by atoms with Gasteiger partial charge in [0.15, 0.2) is 0 Å². The molecule has 0 aromatic heterocycles. The molecule has 1 saturated carbocycles. The van der Waals surface area contributed by atoms with Crippen LogP contribution in [-0.2, 0) is 11.6 Å². The number of likely N-dealkylation sites (tertiary alicyclic amines) is 1. The van der Waals surface area contributed by atoms with E-state index < -0.39 is 11.7 Å². The van der Waals surface area contributed by atoms with Crippen LogP contribution in [0.4, 0.5) is 13.2 Å². The number of hydrogen-bond donors (Lipinski definition) is 0. The summed E-state index contributed by atoms with van der Waals surface area (Å²) in [5, 5.41) is 0.768. The van der Waals surface area contributed by atoms with Gasteiger partial charge in [0.2, 0.25) is 0 Å². The summed E-state index contributed by atoms with van der Waals surface area (Å²) < 4.78 is 44.0. The maximum absolute atomic E-state index is 12.7. The highest BCUT2D eigenvalue weighted by Gasteiger charge is 2.40. The fourth-order valence-corrected chi connectivity index (χ4v) is 4.60. The van der Waals surface area contributed by atoms with Crippen LogP contribution in [0, 0.1) is 0 Å².